The van der Waals surface area contributed by atoms with Crippen molar-refractivity contribution in [2.75, 3.05) is 0 Å². The van der Waals surface area contributed by atoms with Crippen LogP contribution in [0.5, 0.6) is 0 Å². The lowest BCUT2D eigenvalue weighted by Gasteiger charge is -2.09. The van der Waals surface area contributed by atoms with Gasteiger partial charge in [-0.05, 0) is 46.8 Å². The molecule has 3 heterocycles. The Labute approximate surface area is 274 Å². The highest BCUT2D eigenvalue weighted by atomic mass is 16.3. The van der Waals surface area contributed by atoms with Crippen LogP contribution in [-0.2, 0) is 0 Å². The van der Waals surface area contributed by atoms with Crippen LogP contribution in [0.2, 0.25) is 0 Å². The first kappa shape index (κ1) is 26.6. The Kier molecular flexibility index (Phi) is 5.81. The summed E-state index contributed by atoms with van der Waals surface area (Å²) in [5.74, 6) is 1.75. The standard InChI is InChI=1S/C43H25N3O2/c1-3-11-26(12-4-1)30-17-9-19-35-38(30)32-23-22-29(25-37(32)47-35)42-44-41(28-14-5-2-6-15-28)45-43(46-42)34-18-10-20-36-39(34)33-24-21-27-13-7-8-16-31(27)40(33)48-36/h1-25H. The first-order chi connectivity index (χ1) is 23.8. The van der Waals surface area contributed by atoms with Gasteiger partial charge in [-0.1, -0.05) is 121 Å². The molecule has 0 saturated heterocycles. The largest absolute Gasteiger partial charge is 0.456 e. The Balaban J connectivity index is 1.19. The summed E-state index contributed by atoms with van der Waals surface area (Å²) in [5.41, 5.74) is 8.21. The van der Waals surface area contributed by atoms with Crippen molar-refractivity contribution < 1.29 is 8.83 Å². The number of aromatic nitrogens is 3. The van der Waals surface area contributed by atoms with Crippen molar-refractivity contribution in [3.63, 3.8) is 0 Å². The molecule has 0 N–H and O–H groups in total. The molecule has 0 bridgehead atoms. The van der Waals surface area contributed by atoms with E-state index in [-0.39, 0.29) is 0 Å². The van der Waals surface area contributed by atoms with Gasteiger partial charge in [-0.25, -0.2) is 15.0 Å². The van der Waals surface area contributed by atoms with E-state index in [1.54, 1.807) is 0 Å². The third-order valence-corrected chi connectivity index (χ3v) is 9.14. The maximum atomic E-state index is 6.49. The first-order valence-electron chi connectivity index (χ1n) is 15.9. The van der Waals surface area contributed by atoms with Gasteiger partial charge in [0.1, 0.15) is 22.3 Å². The Hall–Kier alpha value is -6.59. The highest BCUT2D eigenvalue weighted by Crippen LogP contribution is 2.41. The van der Waals surface area contributed by atoms with E-state index in [2.05, 4.69) is 72.8 Å². The van der Waals surface area contributed by atoms with Gasteiger partial charge in [0.25, 0.3) is 0 Å². The molecular formula is C43H25N3O2. The predicted octanol–water partition coefficient (Wildman–Crippen LogP) is 11.5. The zero-order valence-electron chi connectivity index (χ0n) is 25.6. The van der Waals surface area contributed by atoms with Crippen molar-refractivity contribution in [1.82, 2.24) is 15.0 Å². The third kappa shape index (κ3) is 4.15. The Morgan fingerprint density at radius 3 is 1.79 bits per heavy atom. The number of hydrogen-bond acceptors (Lipinski definition) is 5. The fourth-order valence-corrected chi connectivity index (χ4v) is 6.91. The lowest BCUT2D eigenvalue weighted by Crippen LogP contribution is -2.00. The molecule has 0 amide bonds. The minimum absolute atomic E-state index is 0.569. The topological polar surface area (TPSA) is 65.0 Å². The van der Waals surface area contributed by atoms with Crippen molar-refractivity contribution in [1.29, 1.82) is 0 Å². The Bertz CT molecular complexity index is 2840. The average Bonchev–Trinajstić information content (AvgIpc) is 3.74. The monoisotopic (exact) mass is 615 g/mol. The molecule has 5 nitrogen and oxygen atoms in total. The highest BCUT2D eigenvalue weighted by molar-refractivity contribution is 6.19. The van der Waals surface area contributed by atoms with Crippen LogP contribution in [0.25, 0.3) is 99.9 Å². The quantitative estimate of drug-likeness (QED) is 0.197. The van der Waals surface area contributed by atoms with E-state index in [1.165, 1.54) is 0 Å². The average molecular weight is 616 g/mol. The molecular weight excluding hydrogens is 590 g/mol. The van der Waals surface area contributed by atoms with Crippen LogP contribution in [0.15, 0.2) is 160 Å². The lowest BCUT2D eigenvalue weighted by molar-refractivity contribution is 0.669. The molecule has 0 unspecified atom stereocenters. The minimum Gasteiger partial charge on any atom is -0.456 e. The summed E-state index contributed by atoms with van der Waals surface area (Å²) in [7, 11) is 0. The lowest BCUT2D eigenvalue weighted by atomic mass is 9.99. The second kappa shape index (κ2) is 10.5. The van der Waals surface area contributed by atoms with Crippen molar-refractivity contribution in [3.05, 3.63) is 152 Å². The van der Waals surface area contributed by atoms with Crippen molar-refractivity contribution in [3.8, 4) is 45.3 Å². The van der Waals surface area contributed by atoms with Gasteiger partial charge in [-0.15, -0.1) is 0 Å². The SMILES string of the molecule is c1ccc(-c2nc(-c3ccc4c(c3)oc3cccc(-c5ccccc5)c34)nc(-c3cccc4oc5c6ccccc6ccc5c34)n2)cc1. The van der Waals surface area contributed by atoms with Gasteiger partial charge in [-0.3, -0.25) is 0 Å². The van der Waals surface area contributed by atoms with Crippen LogP contribution in [-0.4, -0.2) is 15.0 Å². The summed E-state index contributed by atoms with van der Waals surface area (Å²) in [5, 5.41) is 6.37. The van der Waals surface area contributed by atoms with Gasteiger partial charge in [-0.2, -0.15) is 0 Å². The zero-order chi connectivity index (χ0) is 31.6. The second-order valence-corrected chi connectivity index (χ2v) is 12.0. The maximum Gasteiger partial charge on any atom is 0.164 e. The van der Waals surface area contributed by atoms with E-state index >= 15 is 0 Å². The third-order valence-electron chi connectivity index (χ3n) is 9.14. The van der Waals surface area contributed by atoms with Crippen molar-refractivity contribution in [2.24, 2.45) is 0 Å². The molecule has 10 aromatic rings. The normalized spacial score (nSPS) is 11.8. The predicted molar refractivity (Wildman–Crippen MR) is 194 cm³/mol. The van der Waals surface area contributed by atoms with E-state index in [1.807, 2.05) is 78.9 Å². The highest BCUT2D eigenvalue weighted by Gasteiger charge is 2.20. The molecule has 0 saturated carbocycles. The van der Waals surface area contributed by atoms with Crippen LogP contribution in [0, 0.1) is 0 Å². The van der Waals surface area contributed by atoms with Crippen molar-refractivity contribution in [2.45, 2.75) is 0 Å². The number of rotatable bonds is 4. The molecule has 0 aliphatic rings. The fourth-order valence-electron chi connectivity index (χ4n) is 6.91. The summed E-state index contributed by atoms with van der Waals surface area (Å²) in [6.07, 6.45) is 0. The molecule has 3 aromatic heterocycles. The molecule has 0 spiro atoms. The van der Waals surface area contributed by atoms with E-state index in [4.69, 9.17) is 23.8 Å². The first-order valence-corrected chi connectivity index (χ1v) is 15.9. The maximum absolute atomic E-state index is 6.49. The van der Waals surface area contributed by atoms with Gasteiger partial charge in [0.05, 0.1) is 0 Å². The Morgan fingerprint density at radius 2 is 0.979 bits per heavy atom. The number of nitrogens with zero attached hydrogens (tertiary/aromatic N) is 3. The molecule has 5 heteroatoms. The van der Waals surface area contributed by atoms with Crippen LogP contribution in [0.1, 0.15) is 0 Å². The molecule has 0 fully saturated rings. The van der Waals surface area contributed by atoms with E-state index in [0.29, 0.717) is 17.5 Å². The van der Waals surface area contributed by atoms with Gasteiger partial charge in [0.15, 0.2) is 17.5 Å². The molecule has 7 aromatic carbocycles. The number of fused-ring (bicyclic) bond motifs is 8. The molecule has 0 radical (unpaired) electrons. The fraction of sp³-hybridized carbons (Fsp3) is 0. The van der Waals surface area contributed by atoms with Gasteiger partial charge >= 0.3 is 0 Å². The molecule has 224 valence electrons. The summed E-state index contributed by atoms with van der Waals surface area (Å²) >= 11 is 0. The van der Waals surface area contributed by atoms with Crippen LogP contribution >= 0.6 is 0 Å². The van der Waals surface area contributed by atoms with E-state index in [0.717, 1.165) is 82.5 Å². The van der Waals surface area contributed by atoms with E-state index < -0.39 is 0 Å². The smallest absolute Gasteiger partial charge is 0.164 e. The molecule has 10 rings (SSSR count). The van der Waals surface area contributed by atoms with Gasteiger partial charge in [0, 0.05) is 43.6 Å². The number of benzene rings is 7. The van der Waals surface area contributed by atoms with Crippen LogP contribution in [0.3, 0.4) is 0 Å². The number of furan rings is 2. The number of hydrogen-bond donors (Lipinski definition) is 0. The van der Waals surface area contributed by atoms with Crippen molar-refractivity contribution >= 4 is 54.6 Å². The summed E-state index contributed by atoms with van der Waals surface area (Å²) < 4.78 is 12.9. The Morgan fingerprint density at radius 1 is 0.354 bits per heavy atom. The summed E-state index contributed by atoms with van der Waals surface area (Å²) in [6, 6.07) is 51.5. The van der Waals surface area contributed by atoms with Crippen LogP contribution in [0.4, 0.5) is 0 Å². The van der Waals surface area contributed by atoms with Crippen LogP contribution < -0.4 is 0 Å². The zero-order valence-corrected chi connectivity index (χ0v) is 25.6. The molecule has 0 aliphatic carbocycles. The van der Waals surface area contributed by atoms with Gasteiger partial charge < -0.3 is 8.83 Å². The van der Waals surface area contributed by atoms with Gasteiger partial charge in [0.2, 0.25) is 0 Å². The van der Waals surface area contributed by atoms with E-state index in [9.17, 15) is 0 Å². The molecule has 0 aliphatic heterocycles. The summed E-state index contributed by atoms with van der Waals surface area (Å²) in [4.78, 5) is 15.2. The minimum atomic E-state index is 0.569. The molecule has 0 atom stereocenters. The molecule has 48 heavy (non-hydrogen) atoms. The summed E-state index contributed by atoms with van der Waals surface area (Å²) in [6.45, 7) is 0. The second-order valence-electron chi connectivity index (χ2n) is 12.0.